The maximum atomic E-state index is 11.7. The molecule has 0 unspecified atom stereocenters. The maximum Gasteiger partial charge on any atom is 0.337 e. The van der Waals surface area contributed by atoms with Gasteiger partial charge in [0.05, 0.1) is 30.8 Å². The highest BCUT2D eigenvalue weighted by atomic mass is 16.5. The normalized spacial score (nSPS) is 15.8. The minimum absolute atomic E-state index is 0.404. The molecule has 0 fully saturated rings. The molecule has 4 rings (SSSR count). The molecule has 6 heteroatoms. The summed E-state index contributed by atoms with van der Waals surface area (Å²) in [5.74, 6) is 0.490. The Bertz CT molecular complexity index is 812. The fraction of sp³-hybridized carbons (Fsp3) is 0.263. The number of esters is 2. The summed E-state index contributed by atoms with van der Waals surface area (Å²) in [5, 5.41) is 0. The second-order valence-electron chi connectivity index (χ2n) is 6.06. The molecule has 0 bridgehead atoms. The van der Waals surface area contributed by atoms with Crippen molar-refractivity contribution >= 4 is 11.9 Å². The average molecular weight is 340 g/mol. The monoisotopic (exact) mass is 340 g/mol. The van der Waals surface area contributed by atoms with Crippen molar-refractivity contribution in [2.24, 2.45) is 0 Å². The van der Waals surface area contributed by atoms with E-state index < -0.39 is 17.4 Å². The summed E-state index contributed by atoms with van der Waals surface area (Å²) in [4.78, 5) is 23.4. The Kier molecular flexibility index (Phi) is 3.42. The van der Waals surface area contributed by atoms with Crippen LogP contribution in [0.15, 0.2) is 36.4 Å². The summed E-state index contributed by atoms with van der Waals surface area (Å²) in [5.41, 5.74) is 2.37. The van der Waals surface area contributed by atoms with Crippen LogP contribution in [0.2, 0.25) is 0 Å². The van der Waals surface area contributed by atoms with Gasteiger partial charge in [-0.15, -0.1) is 0 Å². The molecular weight excluding hydrogens is 324 g/mol. The van der Waals surface area contributed by atoms with Crippen molar-refractivity contribution in [1.82, 2.24) is 0 Å². The molecule has 6 nitrogen and oxygen atoms in total. The Balaban J connectivity index is 1.76. The fourth-order valence-corrected chi connectivity index (χ4v) is 3.46. The highest BCUT2D eigenvalue weighted by molar-refractivity contribution is 5.91. The highest BCUT2D eigenvalue weighted by Crippen LogP contribution is 2.50. The van der Waals surface area contributed by atoms with Crippen LogP contribution < -0.4 is 9.47 Å². The number of ether oxygens (including phenoxy) is 4. The summed E-state index contributed by atoms with van der Waals surface area (Å²) in [6.45, 7) is 0.828. The molecule has 0 atom stereocenters. The van der Waals surface area contributed by atoms with Gasteiger partial charge < -0.3 is 18.9 Å². The summed E-state index contributed by atoms with van der Waals surface area (Å²) >= 11 is 0. The number of fused-ring (bicyclic) bond motifs is 4. The van der Waals surface area contributed by atoms with E-state index in [2.05, 4.69) is 0 Å². The minimum Gasteiger partial charge on any atom is -0.492 e. The first-order chi connectivity index (χ1) is 12.1. The molecule has 2 aromatic rings. The van der Waals surface area contributed by atoms with Gasteiger partial charge in [0.1, 0.15) is 24.7 Å². The molecule has 2 aliphatic heterocycles. The Labute approximate surface area is 144 Å². The summed E-state index contributed by atoms with van der Waals surface area (Å²) in [6.07, 6.45) is 0. The van der Waals surface area contributed by atoms with Gasteiger partial charge in [0, 0.05) is 11.1 Å². The van der Waals surface area contributed by atoms with Crippen LogP contribution in [0.5, 0.6) is 11.5 Å². The fourth-order valence-electron chi connectivity index (χ4n) is 3.46. The second kappa shape index (κ2) is 5.51. The van der Waals surface area contributed by atoms with Crippen molar-refractivity contribution in [3.63, 3.8) is 0 Å². The van der Waals surface area contributed by atoms with Gasteiger partial charge in [-0.05, 0) is 24.3 Å². The van der Waals surface area contributed by atoms with Crippen LogP contribution in [0.25, 0.3) is 0 Å². The van der Waals surface area contributed by atoms with Crippen LogP contribution in [0, 0.1) is 0 Å². The Hall–Kier alpha value is -3.02. The van der Waals surface area contributed by atoms with Gasteiger partial charge >= 0.3 is 11.9 Å². The first kappa shape index (κ1) is 15.5. The molecule has 0 radical (unpaired) electrons. The zero-order valence-electron chi connectivity index (χ0n) is 13.8. The molecule has 25 heavy (non-hydrogen) atoms. The van der Waals surface area contributed by atoms with E-state index in [1.807, 2.05) is 12.1 Å². The molecule has 1 spiro atoms. The largest absolute Gasteiger partial charge is 0.492 e. The lowest BCUT2D eigenvalue weighted by atomic mass is 9.77. The van der Waals surface area contributed by atoms with Crippen molar-refractivity contribution in [2.75, 3.05) is 27.4 Å². The molecule has 0 aromatic heterocycles. The number of rotatable bonds is 2. The van der Waals surface area contributed by atoms with Crippen LogP contribution >= 0.6 is 0 Å². The third kappa shape index (κ3) is 2.17. The number of hydrogen-bond donors (Lipinski definition) is 0. The molecule has 0 amide bonds. The lowest BCUT2D eigenvalue weighted by Crippen LogP contribution is -2.31. The van der Waals surface area contributed by atoms with Crippen LogP contribution in [-0.2, 0) is 14.9 Å². The van der Waals surface area contributed by atoms with E-state index in [0.717, 1.165) is 11.1 Å². The lowest BCUT2D eigenvalue weighted by Gasteiger charge is -2.20. The van der Waals surface area contributed by atoms with Crippen molar-refractivity contribution in [2.45, 2.75) is 5.41 Å². The van der Waals surface area contributed by atoms with Gasteiger partial charge in [-0.25, -0.2) is 9.59 Å². The number of carbonyl (C=O) groups is 2. The Morgan fingerprint density at radius 3 is 1.68 bits per heavy atom. The van der Waals surface area contributed by atoms with Crippen molar-refractivity contribution in [1.29, 1.82) is 0 Å². The number of carbonyl (C=O) groups excluding carboxylic acids is 2. The summed E-state index contributed by atoms with van der Waals surface area (Å²) in [6, 6.07) is 10.6. The van der Waals surface area contributed by atoms with Crippen LogP contribution in [0.1, 0.15) is 31.8 Å². The molecule has 0 N–H and O–H groups in total. The standard InChI is InChI=1S/C19H16O6/c1-22-17(20)11-3-5-13-15(7-11)24-9-19(13)10-25-16-8-12(18(21)23-2)4-6-14(16)19/h3-8H,9-10H2,1-2H3. The minimum atomic E-state index is -0.437. The van der Waals surface area contributed by atoms with Gasteiger partial charge in [0.25, 0.3) is 0 Å². The predicted molar refractivity (Wildman–Crippen MR) is 87.3 cm³/mol. The van der Waals surface area contributed by atoms with E-state index >= 15 is 0 Å². The molecule has 2 aromatic carbocycles. The Morgan fingerprint density at radius 1 is 0.840 bits per heavy atom. The number of hydrogen-bond acceptors (Lipinski definition) is 6. The second-order valence-corrected chi connectivity index (χ2v) is 6.06. The Morgan fingerprint density at radius 2 is 1.28 bits per heavy atom. The van der Waals surface area contributed by atoms with Crippen molar-refractivity contribution in [3.05, 3.63) is 58.7 Å². The van der Waals surface area contributed by atoms with E-state index in [0.29, 0.717) is 35.8 Å². The molecular formula is C19H16O6. The van der Waals surface area contributed by atoms with Gasteiger partial charge in [0.2, 0.25) is 0 Å². The van der Waals surface area contributed by atoms with Crippen LogP contribution in [0.3, 0.4) is 0 Å². The van der Waals surface area contributed by atoms with Gasteiger partial charge in [0.15, 0.2) is 0 Å². The SMILES string of the molecule is COC(=O)c1ccc2c(c1)OCC21COc2cc(C(=O)OC)ccc21. The van der Waals surface area contributed by atoms with Gasteiger partial charge in [-0.2, -0.15) is 0 Å². The molecule has 0 saturated heterocycles. The highest BCUT2D eigenvalue weighted by Gasteiger charge is 2.48. The number of methoxy groups -OCH3 is 2. The third-order valence-electron chi connectivity index (χ3n) is 4.78. The summed E-state index contributed by atoms with van der Waals surface area (Å²) in [7, 11) is 2.69. The molecule has 128 valence electrons. The molecule has 2 heterocycles. The van der Waals surface area contributed by atoms with Gasteiger partial charge in [-0.1, -0.05) is 12.1 Å². The lowest BCUT2D eigenvalue weighted by molar-refractivity contribution is 0.0591. The zero-order chi connectivity index (χ0) is 17.6. The third-order valence-corrected chi connectivity index (χ3v) is 4.78. The maximum absolute atomic E-state index is 11.7. The first-order valence-electron chi connectivity index (χ1n) is 7.80. The zero-order valence-corrected chi connectivity index (χ0v) is 13.8. The summed E-state index contributed by atoms with van der Waals surface area (Å²) < 4.78 is 21.2. The average Bonchev–Trinajstić information content (AvgIpc) is 3.22. The van der Waals surface area contributed by atoms with Crippen molar-refractivity contribution < 1.29 is 28.5 Å². The van der Waals surface area contributed by atoms with Crippen LogP contribution in [0.4, 0.5) is 0 Å². The smallest absolute Gasteiger partial charge is 0.337 e. The van der Waals surface area contributed by atoms with Gasteiger partial charge in [-0.3, -0.25) is 0 Å². The van der Waals surface area contributed by atoms with Crippen molar-refractivity contribution in [3.8, 4) is 11.5 Å². The molecule has 0 saturated carbocycles. The van der Waals surface area contributed by atoms with E-state index in [1.165, 1.54) is 14.2 Å². The predicted octanol–water partition coefficient (Wildman–Crippen LogP) is 2.33. The first-order valence-corrected chi connectivity index (χ1v) is 7.80. The van der Waals surface area contributed by atoms with E-state index in [9.17, 15) is 9.59 Å². The van der Waals surface area contributed by atoms with E-state index in [4.69, 9.17) is 18.9 Å². The van der Waals surface area contributed by atoms with E-state index in [-0.39, 0.29) is 0 Å². The topological polar surface area (TPSA) is 71.1 Å². The molecule has 0 aliphatic carbocycles. The molecule has 2 aliphatic rings. The quantitative estimate of drug-likeness (QED) is 0.782. The number of benzene rings is 2. The van der Waals surface area contributed by atoms with Crippen LogP contribution in [-0.4, -0.2) is 39.4 Å². The van der Waals surface area contributed by atoms with E-state index in [1.54, 1.807) is 24.3 Å².